The van der Waals surface area contributed by atoms with Crippen molar-refractivity contribution >= 4 is 14.3 Å². The maximum absolute atomic E-state index is 10.5. The number of hydrogen-bond acceptors (Lipinski definition) is 2. The second-order valence-corrected chi connectivity index (χ2v) is 11.5. The predicted octanol–water partition coefficient (Wildman–Crippen LogP) is 5.07. The van der Waals surface area contributed by atoms with Gasteiger partial charge in [-0.25, -0.2) is 0 Å². The van der Waals surface area contributed by atoms with Crippen LogP contribution in [0.5, 0.6) is 0 Å². The molecule has 3 atom stereocenters. The Morgan fingerprint density at radius 3 is 2.00 bits per heavy atom. The molecule has 1 saturated carbocycles. The second-order valence-electron chi connectivity index (χ2n) is 7.05. The Morgan fingerprint density at radius 1 is 1.18 bits per heavy atom. The van der Waals surface area contributed by atoms with Gasteiger partial charge in [0.1, 0.15) is 0 Å². The molecule has 3 unspecified atom stereocenters. The number of fused-ring (bicyclic) bond motifs is 2. The van der Waals surface area contributed by atoms with E-state index in [9.17, 15) is 4.79 Å². The van der Waals surface area contributed by atoms with Crippen molar-refractivity contribution < 1.29 is 9.22 Å². The molecule has 2 bridgehead atoms. The first-order valence-corrected chi connectivity index (χ1v) is 11.5. The van der Waals surface area contributed by atoms with Gasteiger partial charge in [-0.1, -0.05) is 43.4 Å². The molecule has 0 radical (unpaired) electrons. The smallest absolute Gasteiger partial charge is 0.433 e. The Hall–Kier alpha value is -1.44. The van der Waals surface area contributed by atoms with E-state index < -0.39 is 14.3 Å². The largest absolute Gasteiger partial charge is 0.470 e. The summed E-state index contributed by atoms with van der Waals surface area (Å²) < 4.78 is 4.91. The Bertz CT molecular complexity index is 445. The number of hydrogen-bond donors (Lipinski definition) is 0. The third kappa shape index (κ3) is 7.53. The molecule has 3 rings (SSSR count). The van der Waals surface area contributed by atoms with Crippen molar-refractivity contribution in [3.8, 4) is 0 Å². The van der Waals surface area contributed by atoms with Gasteiger partial charge in [-0.2, -0.15) is 0 Å². The first kappa shape index (κ1) is 18.6. The second kappa shape index (κ2) is 8.87. The summed E-state index contributed by atoms with van der Waals surface area (Å²) in [7, 11) is -1.70. The molecule has 0 heterocycles. The van der Waals surface area contributed by atoms with Crippen molar-refractivity contribution in [1.82, 2.24) is 0 Å². The van der Waals surface area contributed by atoms with Crippen LogP contribution in [-0.2, 0) is 9.22 Å². The number of rotatable bonds is 2. The highest BCUT2D eigenvalue weighted by atomic mass is 28.4. The molecule has 120 valence electrons. The summed E-state index contributed by atoms with van der Waals surface area (Å²) in [5.74, 6) is 2.49. The molecule has 0 aliphatic heterocycles. The first-order chi connectivity index (χ1) is 10.3. The van der Waals surface area contributed by atoms with Crippen LogP contribution in [-0.4, -0.2) is 14.3 Å². The molecule has 3 aliphatic rings. The van der Waals surface area contributed by atoms with Gasteiger partial charge in [-0.15, -0.1) is 4.79 Å². The fraction of sp³-hybridized carbons (Fsp3) is 0.526. The third-order valence-electron chi connectivity index (χ3n) is 3.81. The molecule has 2 nitrogen and oxygen atoms in total. The van der Waals surface area contributed by atoms with Gasteiger partial charge < -0.3 is 4.43 Å². The Morgan fingerprint density at radius 2 is 1.82 bits per heavy atom. The lowest BCUT2D eigenvalue weighted by molar-refractivity contribution is -0.129. The van der Waals surface area contributed by atoms with Crippen LogP contribution in [0.3, 0.4) is 0 Å². The standard InChI is InChI=1S/C8H12.C6H11O2Si.C5H6/c1-6-4-7-2-3-8(6)5-7;1-5-6(7)8-9(2,3)4;1-2-4-5-3-1/h2-3,6-8H,4-5H2,1H3;1,5H,2-4H3;1-4H,5H2/q;+1;. The van der Waals surface area contributed by atoms with E-state index in [2.05, 4.69) is 43.4 Å². The highest BCUT2D eigenvalue weighted by molar-refractivity contribution is 6.71. The molecule has 22 heavy (non-hydrogen) atoms. The van der Waals surface area contributed by atoms with Crippen LogP contribution < -0.4 is 0 Å². The fourth-order valence-electron chi connectivity index (χ4n) is 2.78. The molecular formula is C19H29O2Si+. The predicted molar refractivity (Wildman–Crippen MR) is 95.7 cm³/mol. The highest BCUT2D eigenvalue weighted by Gasteiger charge is 2.32. The minimum absolute atomic E-state index is 0.422. The van der Waals surface area contributed by atoms with E-state index in [4.69, 9.17) is 11.0 Å². The first-order valence-electron chi connectivity index (χ1n) is 8.09. The Balaban J connectivity index is 0.000000171. The van der Waals surface area contributed by atoms with Gasteiger partial charge in [0.2, 0.25) is 6.08 Å². The van der Waals surface area contributed by atoms with E-state index in [1.165, 1.54) is 12.8 Å². The molecule has 3 aliphatic carbocycles. The van der Waals surface area contributed by atoms with E-state index in [0.717, 1.165) is 30.3 Å². The summed E-state index contributed by atoms with van der Waals surface area (Å²) in [5.41, 5.74) is 0. The molecule has 0 aromatic carbocycles. The van der Waals surface area contributed by atoms with Crippen molar-refractivity contribution in [3.63, 3.8) is 0 Å². The lowest BCUT2D eigenvalue weighted by Crippen LogP contribution is -2.28. The molecule has 0 aromatic heterocycles. The van der Waals surface area contributed by atoms with E-state index in [-0.39, 0.29) is 0 Å². The van der Waals surface area contributed by atoms with Gasteiger partial charge >= 0.3 is 5.97 Å². The van der Waals surface area contributed by atoms with Crippen LogP contribution in [0.1, 0.15) is 26.2 Å². The highest BCUT2D eigenvalue weighted by Crippen LogP contribution is 2.42. The summed E-state index contributed by atoms with van der Waals surface area (Å²) in [4.78, 5) is 10.5. The molecule has 3 heteroatoms. The van der Waals surface area contributed by atoms with Gasteiger partial charge in [0, 0.05) is 0 Å². The quantitative estimate of drug-likeness (QED) is 0.307. The molecule has 1 fully saturated rings. The number of carbonyl (C=O) groups is 1. The average Bonchev–Trinajstić information content (AvgIpc) is 3.16. The molecule has 0 aromatic rings. The van der Waals surface area contributed by atoms with E-state index >= 15 is 0 Å². The van der Waals surface area contributed by atoms with Crippen LogP contribution in [0.2, 0.25) is 19.6 Å². The van der Waals surface area contributed by atoms with Crippen molar-refractivity contribution in [3.05, 3.63) is 49.1 Å². The van der Waals surface area contributed by atoms with E-state index in [0.29, 0.717) is 0 Å². The monoisotopic (exact) mass is 317 g/mol. The zero-order chi connectivity index (χ0) is 16.6. The van der Waals surface area contributed by atoms with Crippen molar-refractivity contribution in [2.45, 2.75) is 45.8 Å². The third-order valence-corrected chi connectivity index (χ3v) is 4.62. The summed E-state index contributed by atoms with van der Waals surface area (Å²) in [6.07, 6.45) is 18.2. The van der Waals surface area contributed by atoms with Crippen LogP contribution in [0, 0.1) is 24.3 Å². The summed E-state index contributed by atoms with van der Waals surface area (Å²) in [5, 5.41) is 0. The van der Waals surface area contributed by atoms with Gasteiger partial charge in [-0.3, -0.25) is 0 Å². The maximum atomic E-state index is 10.5. The number of carbonyl (C=O) groups excluding carboxylic acids is 1. The van der Waals surface area contributed by atoms with Crippen molar-refractivity contribution in [2.24, 2.45) is 17.8 Å². The summed E-state index contributed by atoms with van der Waals surface area (Å²) in [6.45, 7) is 13.0. The van der Waals surface area contributed by atoms with E-state index in [1.54, 1.807) is 0 Å². The molecular weight excluding hydrogens is 288 g/mol. The zero-order valence-corrected chi connectivity index (χ0v) is 15.3. The Labute approximate surface area is 136 Å². The van der Waals surface area contributed by atoms with Crippen LogP contribution in [0.15, 0.2) is 42.5 Å². The van der Waals surface area contributed by atoms with Gasteiger partial charge in [0.15, 0.2) is 0 Å². The van der Waals surface area contributed by atoms with Gasteiger partial charge in [-0.05, 0) is 56.7 Å². The lowest BCUT2D eigenvalue weighted by atomic mass is 9.96. The minimum atomic E-state index is -1.70. The van der Waals surface area contributed by atoms with Gasteiger partial charge in [0.25, 0.3) is 8.32 Å². The summed E-state index contributed by atoms with van der Waals surface area (Å²) in [6, 6.07) is 0. The maximum Gasteiger partial charge on any atom is 0.470 e. The topological polar surface area (TPSA) is 26.3 Å². The number of allylic oxidation sites excluding steroid dienone is 6. The SMILES string of the molecule is C1=CCC=C1.CC1CC2C=CC1C2.[CH+]=CC(=O)O[Si](C)(C)C. The molecule has 0 saturated heterocycles. The van der Waals surface area contributed by atoms with Crippen LogP contribution in [0.4, 0.5) is 0 Å². The van der Waals surface area contributed by atoms with Crippen LogP contribution >= 0.6 is 0 Å². The van der Waals surface area contributed by atoms with Crippen molar-refractivity contribution in [1.29, 1.82) is 0 Å². The molecule has 0 N–H and O–H groups in total. The Kier molecular flexibility index (Phi) is 7.50. The van der Waals surface area contributed by atoms with E-state index in [1.807, 2.05) is 19.6 Å². The molecule has 0 spiro atoms. The average molecular weight is 318 g/mol. The fourth-order valence-corrected chi connectivity index (χ4v) is 3.46. The molecule has 0 amide bonds. The van der Waals surface area contributed by atoms with Gasteiger partial charge in [0.05, 0.1) is 6.58 Å². The minimum Gasteiger partial charge on any atom is -0.433 e. The normalized spacial score (nSPS) is 26.8. The van der Waals surface area contributed by atoms with Crippen molar-refractivity contribution in [2.75, 3.05) is 0 Å². The summed E-state index contributed by atoms with van der Waals surface area (Å²) >= 11 is 0. The van der Waals surface area contributed by atoms with Crippen LogP contribution in [0.25, 0.3) is 0 Å². The zero-order valence-electron chi connectivity index (χ0n) is 14.3. The lowest BCUT2D eigenvalue weighted by Gasteiger charge is -2.09.